The van der Waals surface area contributed by atoms with E-state index in [1.54, 1.807) is 6.20 Å². The quantitative estimate of drug-likeness (QED) is 0.813. The average molecular weight is 242 g/mol. The van der Waals surface area contributed by atoms with Crippen LogP contribution in [-0.4, -0.2) is 36.5 Å². The molecular formula is C11H16ClN3O. The number of halogens is 1. The Bertz CT molecular complexity index is 342. The van der Waals surface area contributed by atoms with E-state index >= 15 is 0 Å². The Kier molecular flexibility index (Phi) is 3.96. The fourth-order valence-electron chi connectivity index (χ4n) is 1.90. The first-order valence-corrected chi connectivity index (χ1v) is 5.94. The van der Waals surface area contributed by atoms with Crippen molar-refractivity contribution in [1.82, 2.24) is 10.2 Å². The van der Waals surface area contributed by atoms with Crippen LogP contribution in [0.4, 0.5) is 5.69 Å². The second kappa shape index (κ2) is 5.46. The summed E-state index contributed by atoms with van der Waals surface area (Å²) >= 11 is 5.80. The lowest BCUT2D eigenvalue weighted by Crippen LogP contribution is -2.33. The molecule has 1 saturated heterocycles. The maximum atomic E-state index is 5.80. The van der Waals surface area contributed by atoms with Crippen LogP contribution in [0.2, 0.25) is 5.15 Å². The molecule has 88 valence electrons. The molecule has 16 heavy (non-hydrogen) atoms. The van der Waals surface area contributed by atoms with Gasteiger partial charge in [-0.1, -0.05) is 11.6 Å². The van der Waals surface area contributed by atoms with Gasteiger partial charge in [0.2, 0.25) is 0 Å². The van der Waals surface area contributed by atoms with Crippen molar-refractivity contribution < 1.29 is 4.74 Å². The molecule has 0 saturated carbocycles. The molecule has 0 bridgehead atoms. The van der Waals surface area contributed by atoms with E-state index < -0.39 is 0 Å². The standard InChI is InChI=1S/C11H16ClN3O/c1-15(8-10-4-2-3-5-16-10)9-6-11(12)14-13-7-9/h6-7,10H,2-5,8H2,1H3. The maximum Gasteiger partial charge on any atom is 0.153 e. The minimum Gasteiger partial charge on any atom is -0.376 e. The first-order chi connectivity index (χ1) is 7.75. The van der Waals surface area contributed by atoms with Crippen molar-refractivity contribution >= 4 is 17.3 Å². The van der Waals surface area contributed by atoms with Crippen LogP contribution in [0.1, 0.15) is 19.3 Å². The number of aromatic nitrogens is 2. The van der Waals surface area contributed by atoms with Crippen LogP contribution in [-0.2, 0) is 4.74 Å². The van der Waals surface area contributed by atoms with E-state index in [4.69, 9.17) is 16.3 Å². The molecule has 2 rings (SSSR count). The van der Waals surface area contributed by atoms with Crippen LogP contribution < -0.4 is 4.90 Å². The molecule has 5 heteroatoms. The highest BCUT2D eigenvalue weighted by Gasteiger charge is 2.16. The minimum atomic E-state index is 0.325. The predicted octanol–water partition coefficient (Wildman–Crippen LogP) is 2.14. The molecule has 1 unspecified atom stereocenters. The molecular weight excluding hydrogens is 226 g/mol. The number of hydrogen-bond donors (Lipinski definition) is 0. The molecule has 2 heterocycles. The molecule has 1 aromatic rings. The third-order valence-electron chi connectivity index (χ3n) is 2.80. The molecule has 1 aliphatic heterocycles. The number of rotatable bonds is 3. The van der Waals surface area contributed by atoms with Crippen molar-refractivity contribution in [3.05, 3.63) is 17.4 Å². The minimum absolute atomic E-state index is 0.325. The van der Waals surface area contributed by atoms with Gasteiger partial charge in [-0.2, -0.15) is 5.10 Å². The van der Waals surface area contributed by atoms with Gasteiger partial charge in [0.25, 0.3) is 0 Å². The lowest BCUT2D eigenvalue weighted by atomic mass is 10.1. The van der Waals surface area contributed by atoms with Crippen LogP contribution in [0.5, 0.6) is 0 Å². The van der Waals surface area contributed by atoms with Gasteiger partial charge < -0.3 is 9.64 Å². The zero-order valence-electron chi connectivity index (χ0n) is 9.40. The maximum absolute atomic E-state index is 5.80. The summed E-state index contributed by atoms with van der Waals surface area (Å²) in [5.74, 6) is 0. The van der Waals surface area contributed by atoms with E-state index in [2.05, 4.69) is 15.1 Å². The number of ether oxygens (including phenoxy) is 1. The Morgan fingerprint density at radius 2 is 2.44 bits per heavy atom. The Morgan fingerprint density at radius 3 is 3.12 bits per heavy atom. The molecule has 4 nitrogen and oxygen atoms in total. The number of likely N-dealkylation sites (N-methyl/N-ethyl adjacent to an activating group) is 1. The first kappa shape index (κ1) is 11.6. The number of nitrogens with zero attached hydrogens (tertiary/aromatic N) is 3. The molecule has 0 aromatic carbocycles. The van der Waals surface area contributed by atoms with Gasteiger partial charge in [-0.05, 0) is 19.3 Å². The SMILES string of the molecule is CN(CC1CCCCO1)c1cnnc(Cl)c1. The normalized spacial score (nSPS) is 20.8. The molecule has 0 aliphatic carbocycles. The lowest BCUT2D eigenvalue weighted by molar-refractivity contribution is 0.0216. The van der Waals surface area contributed by atoms with E-state index in [0.717, 1.165) is 25.3 Å². The van der Waals surface area contributed by atoms with Gasteiger partial charge in [0, 0.05) is 26.3 Å². The lowest BCUT2D eigenvalue weighted by Gasteiger charge is -2.28. The van der Waals surface area contributed by atoms with Gasteiger partial charge in [-0.3, -0.25) is 0 Å². The van der Waals surface area contributed by atoms with Crippen LogP contribution in [0.3, 0.4) is 0 Å². The zero-order chi connectivity index (χ0) is 11.4. The summed E-state index contributed by atoms with van der Waals surface area (Å²) in [7, 11) is 2.02. The highest BCUT2D eigenvalue weighted by molar-refractivity contribution is 6.29. The van der Waals surface area contributed by atoms with Crippen molar-refractivity contribution in [3.63, 3.8) is 0 Å². The Morgan fingerprint density at radius 1 is 1.56 bits per heavy atom. The van der Waals surface area contributed by atoms with Gasteiger partial charge >= 0.3 is 0 Å². The molecule has 0 amide bonds. The Labute approximate surface area is 101 Å². The monoisotopic (exact) mass is 241 g/mol. The van der Waals surface area contributed by atoms with Crippen molar-refractivity contribution in [2.45, 2.75) is 25.4 Å². The van der Waals surface area contributed by atoms with E-state index in [-0.39, 0.29) is 0 Å². The summed E-state index contributed by atoms with van der Waals surface area (Å²) in [5.41, 5.74) is 0.981. The summed E-state index contributed by atoms with van der Waals surface area (Å²) in [6.45, 7) is 1.76. The van der Waals surface area contributed by atoms with E-state index in [0.29, 0.717) is 11.3 Å². The van der Waals surface area contributed by atoms with Crippen molar-refractivity contribution in [2.75, 3.05) is 25.1 Å². The van der Waals surface area contributed by atoms with Gasteiger partial charge in [0.15, 0.2) is 5.15 Å². The highest BCUT2D eigenvalue weighted by atomic mass is 35.5. The van der Waals surface area contributed by atoms with Gasteiger partial charge in [0.05, 0.1) is 18.0 Å². The first-order valence-electron chi connectivity index (χ1n) is 5.56. The van der Waals surface area contributed by atoms with E-state index in [1.165, 1.54) is 12.8 Å². The van der Waals surface area contributed by atoms with Gasteiger partial charge in [-0.25, -0.2) is 0 Å². The Hall–Kier alpha value is -0.870. The van der Waals surface area contributed by atoms with Crippen LogP contribution in [0.15, 0.2) is 12.3 Å². The highest BCUT2D eigenvalue weighted by Crippen LogP contribution is 2.18. The van der Waals surface area contributed by atoms with Crippen molar-refractivity contribution in [3.8, 4) is 0 Å². The van der Waals surface area contributed by atoms with Crippen LogP contribution >= 0.6 is 11.6 Å². The smallest absolute Gasteiger partial charge is 0.153 e. The predicted molar refractivity (Wildman–Crippen MR) is 63.9 cm³/mol. The largest absolute Gasteiger partial charge is 0.376 e. The second-order valence-corrected chi connectivity index (χ2v) is 4.49. The fourth-order valence-corrected chi connectivity index (χ4v) is 2.06. The summed E-state index contributed by atoms with van der Waals surface area (Å²) in [6, 6.07) is 1.82. The molecule has 1 fully saturated rings. The summed E-state index contributed by atoms with van der Waals surface area (Å²) < 4.78 is 5.69. The summed E-state index contributed by atoms with van der Waals surface area (Å²) in [4.78, 5) is 2.11. The van der Waals surface area contributed by atoms with Crippen molar-refractivity contribution in [1.29, 1.82) is 0 Å². The third-order valence-corrected chi connectivity index (χ3v) is 2.99. The molecule has 1 aliphatic rings. The Balaban J connectivity index is 1.94. The third kappa shape index (κ3) is 3.06. The van der Waals surface area contributed by atoms with Crippen molar-refractivity contribution in [2.24, 2.45) is 0 Å². The van der Waals surface area contributed by atoms with E-state index in [9.17, 15) is 0 Å². The fraction of sp³-hybridized carbons (Fsp3) is 0.636. The molecule has 1 aromatic heterocycles. The van der Waals surface area contributed by atoms with Crippen LogP contribution in [0, 0.1) is 0 Å². The summed E-state index contributed by atoms with van der Waals surface area (Å²) in [6.07, 6.45) is 5.62. The molecule has 0 N–H and O–H groups in total. The van der Waals surface area contributed by atoms with E-state index in [1.807, 2.05) is 13.1 Å². The summed E-state index contributed by atoms with van der Waals surface area (Å²) in [5, 5.41) is 7.99. The zero-order valence-corrected chi connectivity index (χ0v) is 10.2. The second-order valence-electron chi connectivity index (χ2n) is 4.11. The molecule has 0 radical (unpaired) electrons. The molecule has 0 spiro atoms. The van der Waals surface area contributed by atoms with Gasteiger partial charge in [0.1, 0.15) is 0 Å². The van der Waals surface area contributed by atoms with Crippen LogP contribution in [0.25, 0.3) is 0 Å². The average Bonchev–Trinajstić information content (AvgIpc) is 2.30. The number of hydrogen-bond acceptors (Lipinski definition) is 4. The topological polar surface area (TPSA) is 38.2 Å². The molecule has 1 atom stereocenters. The van der Waals surface area contributed by atoms with Gasteiger partial charge in [-0.15, -0.1) is 5.10 Å². The number of anilines is 1.